The van der Waals surface area contributed by atoms with Crippen molar-refractivity contribution in [3.8, 4) is 0 Å². The number of fused-ring (bicyclic) bond motifs is 1. The third-order valence-electron chi connectivity index (χ3n) is 8.49. The lowest BCUT2D eigenvalue weighted by Gasteiger charge is -2.46. The van der Waals surface area contributed by atoms with E-state index in [0.717, 1.165) is 29.5 Å². The molecule has 42 heavy (non-hydrogen) atoms. The summed E-state index contributed by atoms with van der Waals surface area (Å²) in [5.74, 6) is -3.70. The largest absolute Gasteiger partial charge is 0.342 e. The van der Waals surface area contributed by atoms with Crippen molar-refractivity contribution in [3.05, 3.63) is 70.8 Å². The van der Waals surface area contributed by atoms with Crippen LogP contribution in [0.1, 0.15) is 43.0 Å². The van der Waals surface area contributed by atoms with Gasteiger partial charge in [0, 0.05) is 37.8 Å². The maximum absolute atomic E-state index is 15.5. The van der Waals surface area contributed by atoms with Gasteiger partial charge in [-0.3, -0.25) is 14.4 Å². The Morgan fingerprint density at radius 1 is 1.00 bits per heavy atom. The van der Waals surface area contributed by atoms with E-state index in [0.29, 0.717) is 18.9 Å². The van der Waals surface area contributed by atoms with Crippen LogP contribution in [0, 0.1) is 23.5 Å². The smallest absolute Gasteiger partial charge is 0.250 e. The molecule has 3 aliphatic rings. The normalized spacial score (nSPS) is 22.8. The molecule has 2 aliphatic heterocycles. The Labute approximate surface area is 244 Å². The highest BCUT2D eigenvalue weighted by molar-refractivity contribution is 7.88. The lowest BCUT2D eigenvalue weighted by atomic mass is 9.87. The second-order valence-corrected chi connectivity index (χ2v) is 13.9. The van der Waals surface area contributed by atoms with Gasteiger partial charge in [0.1, 0.15) is 29.8 Å². The second kappa shape index (κ2) is 11.7. The Kier molecular flexibility index (Phi) is 8.39. The van der Waals surface area contributed by atoms with E-state index in [9.17, 15) is 27.2 Å². The van der Waals surface area contributed by atoms with Gasteiger partial charge in [-0.15, -0.1) is 0 Å². The highest BCUT2D eigenvalue weighted by Crippen LogP contribution is 2.37. The number of halogens is 2. The van der Waals surface area contributed by atoms with Gasteiger partial charge in [-0.2, -0.15) is 4.31 Å². The molecule has 2 aromatic rings. The Hall–Kier alpha value is -3.38. The maximum Gasteiger partial charge on any atom is 0.250 e. The summed E-state index contributed by atoms with van der Waals surface area (Å²) in [5.41, 5.74) is 1.96. The van der Waals surface area contributed by atoms with Crippen LogP contribution in [0.3, 0.4) is 0 Å². The zero-order valence-corrected chi connectivity index (χ0v) is 24.7. The SMILES string of the molecule is CC(C)CC1C(=O)NC(C2Cc3ccccc3C2)C(=O)N1C(C(=O)N1CCN(S(C)(=O)=O)CC1)c1ccc(F)cc1F. The second-order valence-electron chi connectivity index (χ2n) is 11.9. The molecule has 226 valence electrons. The predicted octanol–water partition coefficient (Wildman–Crippen LogP) is 2.27. The maximum atomic E-state index is 15.5. The number of carbonyl (C=O) groups excluding carboxylic acids is 3. The lowest BCUT2D eigenvalue weighted by Crippen LogP contribution is -2.67. The Morgan fingerprint density at radius 3 is 2.17 bits per heavy atom. The van der Waals surface area contributed by atoms with Crippen LogP contribution in [0.4, 0.5) is 8.78 Å². The van der Waals surface area contributed by atoms with Crippen molar-refractivity contribution in [1.29, 1.82) is 0 Å². The number of nitrogens with one attached hydrogen (secondary N) is 1. The molecule has 2 saturated heterocycles. The summed E-state index contributed by atoms with van der Waals surface area (Å²) in [6.07, 6.45) is 2.44. The first kappa shape index (κ1) is 30.1. The van der Waals surface area contributed by atoms with Crippen LogP contribution in [-0.4, -0.2) is 84.8 Å². The summed E-state index contributed by atoms with van der Waals surface area (Å²) in [6, 6.07) is 7.11. The first-order valence-electron chi connectivity index (χ1n) is 14.2. The van der Waals surface area contributed by atoms with Gasteiger partial charge in [0.05, 0.1) is 6.26 Å². The molecule has 3 amide bonds. The van der Waals surface area contributed by atoms with Crippen LogP contribution < -0.4 is 5.32 Å². The van der Waals surface area contributed by atoms with Crippen molar-refractivity contribution >= 4 is 27.7 Å². The zero-order valence-electron chi connectivity index (χ0n) is 23.9. The lowest BCUT2D eigenvalue weighted by molar-refractivity contribution is -0.160. The van der Waals surface area contributed by atoms with Crippen molar-refractivity contribution in [2.75, 3.05) is 32.4 Å². The molecular formula is C30H36F2N4O5S. The fourth-order valence-electron chi connectivity index (χ4n) is 6.41. The van der Waals surface area contributed by atoms with Crippen LogP contribution in [0.25, 0.3) is 0 Å². The van der Waals surface area contributed by atoms with Crippen LogP contribution in [-0.2, 0) is 37.2 Å². The molecule has 0 saturated carbocycles. The number of sulfonamides is 1. The Bertz CT molecular complexity index is 1470. The first-order chi connectivity index (χ1) is 19.8. The minimum Gasteiger partial charge on any atom is -0.342 e. The summed E-state index contributed by atoms with van der Waals surface area (Å²) in [5, 5.41) is 2.92. The molecule has 12 heteroatoms. The first-order valence-corrected chi connectivity index (χ1v) is 16.1. The minimum absolute atomic E-state index is 0.0235. The van der Waals surface area contributed by atoms with E-state index in [1.165, 1.54) is 14.1 Å². The van der Waals surface area contributed by atoms with Crippen molar-refractivity contribution in [2.45, 2.75) is 51.2 Å². The highest BCUT2D eigenvalue weighted by Gasteiger charge is 2.50. The molecular weight excluding hydrogens is 566 g/mol. The molecule has 2 heterocycles. The van der Waals surface area contributed by atoms with E-state index < -0.39 is 57.5 Å². The van der Waals surface area contributed by atoms with Crippen LogP contribution in [0.5, 0.6) is 0 Å². The summed E-state index contributed by atoms with van der Waals surface area (Å²) in [6.45, 7) is 3.89. The molecule has 0 radical (unpaired) electrons. The summed E-state index contributed by atoms with van der Waals surface area (Å²) in [4.78, 5) is 45.0. The monoisotopic (exact) mass is 602 g/mol. The number of hydrogen-bond acceptors (Lipinski definition) is 5. The van der Waals surface area contributed by atoms with E-state index in [-0.39, 0.29) is 50.0 Å². The van der Waals surface area contributed by atoms with Crippen LogP contribution in [0.15, 0.2) is 42.5 Å². The van der Waals surface area contributed by atoms with Crippen LogP contribution in [0.2, 0.25) is 0 Å². The standard InChI is InChI=1S/C30H36F2N4O5S/c1-18(2)14-25-28(37)33-26(21-15-19-6-4-5-7-20(19)16-21)29(38)36(25)27(23-9-8-22(31)17-24(23)32)30(39)34-10-12-35(13-11-34)42(3,40)41/h4-9,17-18,21,25-27H,10-16H2,1-3H3,(H,33,37). The topological polar surface area (TPSA) is 107 Å². The van der Waals surface area contributed by atoms with Crippen molar-refractivity contribution in [2.24, 2.45) is 11.8 Å². The molecule has 0 spiro atoms. The molecule has 1 aliphatic carbocycles. The van der Waals surface area contributed by atoms with Gasteiger partial charge in [0.15, 0.2) is 0 Å². The Morgan fingerprint density at radius 2 is 1.62 bits per heavy atom. The van der Waals surface area contributed by atoms with Gasteiger partial charge in [0.25, 0.3) is 0 Å². The number of hydrogen-bond donors (Lipinski definition) is 1. The number of piperazine rings is 2. The van der Waals surface area contributed by atoms with E-state index in [1.807, 2.05) is 38.1 Å². The third-order valence-corrected chi connectivity index (χ3v) is 9.80. The molecule has 3 atom stereocenters. The molecule has 9 nitrogen and oxygen atoms in total. The van der Waals surface area contributed by atoms with Gasteiger partial charge in [-0.1, -0.05) is 44.2 Å². The zero-order chi connectivity index (χ0) is 30.3. The Balaban J connectivity index is 1.55. The van der Waals surface area contributed by atoms with Gasteiger partial charge in [-0.25, -0.2) is 17.2 Å². The van der Waals surface area contributed by atoms with Crippen molar-refractivity contribution in [3.63, 3.8) is 0 Å². The average Bonchev–Trinajstić information content (AvgIpc) is 3.36. The molecule has 0 bridgehead atoms. The van der Waals surface area contributed by atoms with E-state index in [2.05, 4.69) is 5.32 Å². The van der Waals surface area contributed by atoms with Crippen molar-refractivity contribution < 1.29 is 31.6 Å². The molecule has 0 aromatic heterocycles. The van der Waals surface area contributed by atoms with Crippen molar-refractivity contribution in [1.82, 2.24) is 19.4 Å². The number of amides is 3. The van der Waals surface area contributed by atoms with Gasteiger partial charge < -0.3 is 15.1 Å². The van der Waals surface area contributed by atoms with E-state index >= 15 is 4.39 Å². The summed E-state index contributed by atoms with van der Waals surface area (Å²) >= 11 is 0. The number of benzene rings is 2. The highest BCUT2D eigenvalue weighted by atomic mass is 32.2. The fraction of sp³-hybridized carbons (Fsp3) is 0.500. The summed E-state index contributed by atoms with van der Waals surface area (Å²) in [7, 11) is -3.48. The minimum atomic E-state index is -3.48. The number of rotatable bonds is 7. The molecule has 2 aromatic carbocycles. The molecule has 5 rings (SSSR count). The van der Waals surface area contributed by atoms with Gasteiger partial charge in [-0.05, 0) is 48.3 Å². The van der Waals surface area contributed by atoms with E-state index in [4.69, 9.17) is 0 Å². The third kappa shape index (κ3) is 5.92. The molecule has 3 unspecified atom stereocenters. The quantitative estimate of drug-likeness (QED) is 0.524. The van der Waals surface area contributed by atoms with Gasteiger partial charge >= 0.3 is 0 Å². The van der Waals surface area contributed by atoms with Gasteiger partial charge in [0.2, 0.25) is 27.7 Å². The predicted molar refractivity (Wildman–Crippen MR) is 151 cm³/mol. The van der Waals surface area contributed by atoms with Crippen LogP contribution >= 0.6 is 0 Å². The summed E-state index contributed by atoms with van der Waals surface area (Å²) < 4.78 is 54.8. The molecule has 2 fully saturated rings. The number of nitrogens with zero attached hydrogens (tertiary/aromatic N) is 3. The average molecular weight is 603 g/mol. The van der Waals surface area contributed by atoms with E-state index in [1.54, 1.807) is 0 Å². The number of carbonyl (C=O) groups is 3. The molecule has 1 N–H and O–H groups in total. The fourth-order valence-corrected chi connectivity index (χ4v) is 7.24.